The molecule has 0 atom stereocenters. The van der Waals surface area contributed by atoms with Gasteiger partial charge in [-0.2, -0.15) is 0 Å². The number of hydrogen-bond acceptors (Lipinski definition) is 3. The van der Waals surface area contributed by atoms with Crippen LogP contribution in [-0.4, -0.2) is 15.3 Å². The second kappa shape index (κ2) is 6.26. The number of non-ortho nitro benzene ring substituents is 1. The van der Waals surface area contributed by atoms with Crippen molar-refractivity contribution in [2.75, 3.05) is 0 Å². The second-order valence-corrected chi connectivity index (χ2v) is 6.09. The first-order chi connectivity index (χ1) is 11.4. The molecule has 0 aliphatic carbocycles. The van der Waals surface area contributed by atoms with Gasteiger partial charge in [-0.25, -0.2) is 0 Å². The molecule has 2 aromatic carbocycles. The van der Waals surface area contributed by atoms with E-state index in [0.29, 0.717) is 22.7 Å². The van der Waals surface area contributed by atoms with Gasteiger partial charge >= 0.3 is 0 Å². The molecule has 0 amide bonds. The maximum absolute atomic E-state index is 12.2. The van der Waals surface area contributed by atoms with Crippen LogP contribution in [0, 0.1) is 10.1 Å². The van der Waals surface area contributed by atoms with Crippen molar-refractivity contribution >= 4 is 45.6 Å². The average molecular weight is 363 g/mol. The molecule has 122 valence electrons. The first kappa shape index (κ1) is 16.5. The predicted octanol–water partition coefficient (Wildman–Crippen LogP) is 5.44. The van der Waals surface area contributed by atoms with E-state index in [4.69, 9.17) is 23.2 Å². The van der Waals surface area contributed by atoms with Crippen LogP contribution < -0.4 is 0 Å². The number of carbonyl (C=O) groups is 1. The largest absolute Gasteiger partial charge is 0.314 e. The van der Waals surface area contributed by atoms with Gasteiger partial charge in [0.15, 0.2) is 5.78 Å². The normalized spacial score (nSPS) is 11.0. The Labute approximate surface area is 147 Å². The summed E-state index contributed by atoms with van der Waals surface area (Å²) in [5.41, 5.74) is 1.77. The highest BCUT2D eigenvalue weighted by Gasteiger charge is 2.18. The smallest absolute Gasteiger partial charge is 0.271 e. The number of ketones is 1. The molecule has 1 aromatic heterocycles. The number of fused-ring (bicyclic) bond motifs is 1. The van der Waals surface area contributed by atoms with Crippen LogP contribution in [0.4, 0.5) is 5.69 Å². The number of nitro groups is 1. The summed E-state index contributed by atoms with van der Waals surface area (Å²) in [5.74, 6) is -0.0148. The number of halogens is 2. The van der Waals surface area contributed by atoms with Crippen LogP contribution in [0.2, 0.25) is 10.0 Å². The lowest BCUT2D eigenvalue weighted by Gasteiger charge is -2.07. The van der Waals surface area contributed by atoms with Gasteiger partial charge in [0.25, 0.3) is 5.69 Å². The first-order valence-electron chi connectivity index (χ1n) is 7.20. The fourth-order valence-corrected chi connectivity index (χ4v) is 3.06. The zero-order valence-electron chi connectivity index (χ0n) is 12.6. The molecule has 0 spiro atoms. The number of hydrogen-bond donors (Lipinski definition) is 0. The number of nitrogens with zero attached hydrogens (tertiary/aromatic N) is 2. The quantitative estimate of drug-likeness (QED) is 0.352. The van der Waals surface area contributed by atoms with Crippen molar-refractivity contribution in [3.05, 3.63) is 68.3 Å². The van der Waals surface area contributed by atoms with Gasteiger partial charge in [0.05, 0.1) is 21.2 Å². The highest BCUT2D eigenvalue weighted by atomic mass is 35.5. The molecule has 7 heteroatoms. The summed E-state index contributed by atoms with van der Waals surface area (Å²) < 4.78 is 1.75. The summed E-state index contributed by atoms with van der Waals surface area (Å²) in [7, 11) is 0. The Balaban J connectivity index is 2.27. The molecule has 0 saturated heterocycles. The van der Waals surface area contributed by atoms with Crippen LogP contribution in [-0.2, 0) is 0 Å². The Kier molecular flexibility index (Phi) is 4.30. The van der Waals surface area contributed by atoms with Gasteiger partial charge in [-0.3, -0.25) is 14.9 Å². The molecular weight excluding hydrogens is 351 g/mol. The molecule has 0 saturated carbocycles. The monoisotopic (exact) mass is 362 g/mol. The van der Waals surface area contributed by atoms with Crippen LogP contribution in [0.1, 0.15) is 23.7 Å². The van der Waals surface area contributed by atoms with Crippen molar-refractivity contribution < 1.29 is 9.72 Å². The molecule has 3 rings (SSSR count). The van der Waals surface area contributed by atoms with Gasteiger partial charge in [-0.15, -0.1) is 0 Å². The van der Waals surface area contributed by atoms with Crippen molar-refractivity contribution in [1.82, 2.24) is 4.57 Å². The van der Waals surface area contributed by atoms with Gasteiger partial charge in [0.1, 0.15) is 0 Å². The van der Waals surface area contributed by atoms with E-state index >= 15 is 0 Å². The van der Waals surface area contributed by atoms with E-state index in [0.717, 1.165) is 10.9 Å². The second-order valence-electron chi connectivity index (χ2n) is 5.24. The van der Waals surface area contributed by atoms with E-state index in [-0.39, 0.29) is 16.5 Å². The summed E-state index contributed by atoms with van der Waals surface area (Å²) in [6, 6.07) is 9.48. The molecule has 1 heterocycles. The topological polar surface area (TPSA) is 65.1 Å². The summed E-state index contributed by atoms with van der Waals surface area (Å²) in [6.07, 6.45) is 2.06. The van der Waals surface area contributed by atoms with E-state index < -0.39 is 4.92 Å². The molecule has 0 N–H and O–H groups in total. The molecule has 0 radical (unpaired) electrons. The third kappa shape index (κ3) is 2.77. The van der Waals surface area contributed by atoms with Gasteiger partial charge in [-0.1, -0.05) is 30.1 Å². The van der Waals surface area contributed by atoms with Gasteiger partial charge in [0, 0.05) is 40.7 Å². The van der Waals surface area contributed by atoms with Crippen molar-refractivity contribution in [3.63, 3.8) is 0 Å². The predicted molar refractivity (Wildman–Crippen MR) is 94.6 cm³/mol. The number of rotatable bonds is 4. The summed E-state index contributed by atoms with van der Waals surface area (Å²) >= 11 is 12.3. The third-order valence-corrected chi connectivity index (χ3v) is 4.33. The lowest BCUT2D eigenvalue weighted by Crippen LogP contribution is -1.97. The highest BCUT2D eigenvalue weighted by Crippen LogP contribution is 2.32. The minimum absolute atomic E-state index is 0.0148. The van der Waals surface area contributed by atoms with Crippen LogP contribution in [0.5, 0.6) is 0 Å². The Morgan fingerprint density at radius 1 is 1.21 bits per heavy atom. The SMILES string of the molecule is CCC(=O)c1cn(-c2ccc([N+](=O)[O-])cc2Cl)c2ccc(Cl)cc12. The van der Waals surface area contributed by atoms with E-state index in [2.05, 4.69) is 0 Å². The van der Waals surface area contributed by atoms with Crippen molar-refractivity contribution in [2.24, 2.45) is 0 Å². The molecule has 0 fully saturated rings. The number of carbonyl (C=O) groups excluding carboxylic acids is 1. The van der Waals surface area contributed by atoms with Crippen molar-refractivity contribution in [1.29, 1.82) is 0 Å². The first-order valence-corrected chi connectivity index (χ1v) is 7.96. The summed E-state index contributed by atoms with van der Waals surface area (Å²) in [6.45, 7) is 1.79. The van der Waals surface area contributed by atoms with E-state index in [1.54, 1.807) is 42.0 Å². The Morgan fingerprint density at radius 3 is 2.58 bits per heavy atom. The number of aromatic nitrogens is 1. The van der Waals surface area contributed by atoms with Crippen molar-refractivity contribution in [3.8, 4) is 5.69 Å². The third-order valence-electron chi connectivity index (χ3n) is 3.79. The lowest BCUT2D eigenvalue weighted by atomic mass is 10.1. The van der Waals surface area contributed by atoms with E-state index in [1.807, 2.05) is 0 Å². The van der Waals surface area contributed by atoms with Gasteiger partial charge in [0.2, 0.25) is 0 Å². The fraction of sp³-hybridized carbons (Fsp3) is 0.118. The van der Waals surface area contributed by atoms with E-state index in [9.17, 15) is 14.9 Å². The Morgan fingerprint density at radius 2 is 1.96 bits per heavy atom. The number of benzene rings is 2. The number of Topliss-reactive ketones (excluding diaryl/α,β-unsaturated/α-hetero) is 1. The molecule has 24 heavy (non-hydrogen) atoms. The lowest BCUT2D eigenvalue weighted by molar-refractivity contribution is -0.384. The standard InChI is InChI=1S/C17H12Cl2N2O3/c1-2-17(22)13-9-20(15-5-3-10(18)7-12(13)15)16-6-4-11(21(23)24)8-14(16)19/h3-9H,2H2,1H3. The van der Waals surface area contributed by atoms with Crippen LogP contribution in [0.3, 0.4) is 0 Å². The molecule has 3 aromatic rings. The van der Waals surface area contributed by atoms with E-state index in [1.165, 1.54) is 12.1 Å². The Bertz CT molecular complexity index is 979. The molecule has 0 aliphatic rings. The minimum Gasteiger partial charge on any atom is -0.314 e. The summed E-state index contributed by atoms with van der Waals surface area (Å²) in [5, 5.41) is 12.3. The molecule has 0 aliphatic heterocycles. The maximum Gasteiger partial charge on any atom is 0.271 e. The van der Waals surface area contributed by atoms with Crippen LogP contribution in [0.15, 0.2) is 42.6 Å². The van der Waals surface area contributed by atoms with Crippen molar-refractivity contribution in [2.45, 2.75) is 13.3 Å². The average Bonchev–Trinajstić information content (AvgIpc) is 2.92. The molecule has 0 bridgehead atoms. The molecule has 0 unspecified atom stereocenters. The zero-order valence-corrected chi connectivity index (χ0v) is 14.1. The minimum atomic E-state index is -0.505. The van der Waals surface area contributed by atoms with Gasteiger partial charge < -0.3 is 4.57 Å². The van der Waals surface area contributed by atoms with Gasteiger partial charge in [-0.05, 0) is 24.3 Å². The van der Waals surface area contributed by atoms with Crippen LogP contribution >= 0.6 is 23.2 Å². The molecular formula is C17H12Cl2N2O3. The maximum atomic E-state index is 12.2. The fourth-order valence-electron chi connectivity index (χ4n) is 2.62. The Hall–Kier alpha value is -2.37. The highest BCUT2D eigenvalue weighted by molar-refractivity contribution is 6.33. The zero-order chi connectivity index (χ0) is 17.4. The van der Waals surface area contributed by atoms with Crippen LogP contribution in [0.25, 0.3) is 16.6 Å². The summed E-state index contributed by atoms with van der Waals surface area (Å²) in [4.78, 5) is 22.6. The molecule has 5 nitrogen and oxygen atoms in total. The number of nitro benzene ring substituents is 1.